The maximum absolute atomic E-state index is 12.1. The van der Waals surface area contributed by atoms with E-state index in [2.05, 4.69) is 0 Å². The number of esters is 2. The summed E-state index contributed by atoms with van der Waals surface area (Å²) in [5.41, 5.74) is 1.43. The van der Waals surface area contributed by atoms with Crippen LogP contribution in [0.25, 0.3) is 0 Å². The lowest BCUT2D eigenvalue weighted by Gasteiger charge is -2.17. The van der Waals surface area contributed by atoms with E-state index in [9.17, 15) is 14.4 Å². The molecule has 0 saturated carbocycles. The van der Waals surface area contributed by atoms with Crippen molar-refractivity contribution in [1.82, 2.24) is 4.90 Å². The van der Waals surface area contributed by atoms with E-state index >= 15 is 0 Å². The number of nitrogens with zero attached hydrogens (tertiary/aromatic N) is 2. The van der Waals surface area contributed by atoms with Crippen LogP contribution in [0.5, 0.6) is 0 Å². The minimum Gasteiger partial charge on any atom is -0.463 e. The van der Waals surface area contributed by atoms with E-state index in [1.54, 1.807) is 19.1 Å². The van der Waals surface area contributed by atoms with Crippen LogP contribution in [0.2, 0.25) is 0 Å². The van der Waals surface area contributed by atoms with Crippen molar-refractivity contribution < 1.29 is 23.9 Å². The summed E-state index contributed by atoms with van der Waals surface area (Å²) >= 11 is 1.26. The van der Waals surface area contributed by atoms with Crippen LogP contribution >= 0.6 is 11.8 Å². The summed E-state index contributed by atoms with van der Waals surface area (Å²) in [5, 5.41) is 0.514. The van der Waals surface area contributed by atoms with Gasteiger partial charge in [-0.3, -0.25) is 4.79 Å². The van der Waals surface area contributed by atoms with Crippen LogP contribution in [0.1, 0.15) is 17.3 Å². The summed E-state index contributed by atoms with van der Waals surface area (Å²) in [5.74, 6) is -0.819. The highest BCUT2D eigenvalue weighted by molar-refractivity contribution is 8.04. The van der Waals surface area contributed by atoms with Gasteiger partial charge in [0.1, 0.15) is 6.61 Å². The van der Waals surface area contributed by atoms with Gasteiger partial charge in [0.05, 0.1) is 35.6 Å². The molecule has 140 valence electrons. The average Bonchev–Trinajstić information content (AvgIpc) is 2.95. The number of hydrogen-bond donors (Lipinski definition) is 0. The lowest BCUT2D eigenvalue weighted by molar-refractivity contribution is -0.137. The van der Waals surface area contributed by atoms with Gasteiger partial charge in [-0.2, -0.15) is 0 Å². The van der Waals surface area contributed by atoms with E-state index < -0.39 is 11.9 Å². The summed E-state index contributed by atoms with van der Waals surface area (Å²) in [4.78, 5) is 39.0. The summed E-state index contributed by atoms with van der Waals surface area (Å²) < 4.78 is 10.1. The molecule has 1 amide bonds. The zero-order valence-electron chi connectivity index (χ0n) is 15.1. The van der Waals surface area contributed by atoms with Crippen molar-refractivity contribution in [2.75, 3.05) is 44.5 Å². The molecule has 1 aromatic rings. The molecule has 7 nitrogen and oxygen atoms in total. The molecular weight excluding hydrogens is 356 g/mol. The first-order valence-corrected chi connectivity index (χ1v) is 9.17. The summed E-state index contributed by atoms with van der Waals surface area (Å²) in [6.07, 6.45) is 1.29. The molecule has 26 heavy (non-hydrogen) atoms. The van der Waals surface area contributed by atoms with E-state index in [4.69, 9.17) is 9.47 Å². The average molecular weight is 378 g/mol. The lowest BCUT2D eigenvalue weighted by Crippen LogP contribution is -2.29. The fourth-order valence-electron chi connectivity index (χ4n) is 2.26. The third kappa shape index (κ3) is 5.26. The zero-order valence-corrected chi connectivity index (χ0v) is 15.9. The largest absolute Gasteiger partial charge is 0.463 e. The van der Waals surface area contributed by atoms with Gasteiger partial charge in [0.15, 0.2) is 0 Å². The zero-order chi connectivity index (χ0) is 19.1. The Balaban J connectivity index is 1.89. The molecule has 0 atom stereocenters. The third-order valence-corrected chi connectivity index (χ3v) is 4.63. The maximum atomic E-state index is 12.1. The molecule has 1 aliphatic rings. The van der Waals surface area contributed by atoms with E-state index in [-0.39, 0.29) is 31.4 Å². The van der Waals surface area contributed by atoms with Crippen molar-refractivity contribution in [2.24, 2.45) is 0 Å². The van der Waals surface area contributed by atoms with Gasteiger partial charge in [0, 0.05) is 19.8 Å². The van der Waals surface area contributed by atoms with Crippen molar-refractivity contribution in [3.63, 3.8) is 0 Å². The van der Waals surface area contributed by atoms with Crippen LogP contribution in [-0.2, 0) is 19.1 Å². The smallest absolute Gasteiger partial charge is 0.338 e. The molecule has 1 aliphatic heterocycles. The second kappa shape index (κ2) is 9.28. The van der Waals surface area contributed by atoms with E-state index in [0.717, 1.165) is 5.69 Å². The molecule has 0 aliphatic carbocycles. The number of ether oxygens (including phenoxy) is 2. The van der Waals surface area contributed by atoms with Crippen molar-refractivity contribution in [3.05, 3.63) is 40.9 Å². The van der Waals surface area contributed by atoms with E-state index in [1.165, 1.54) is 22.7 Å². The molecule has 0 aromatic heterocycles. The maximum Gasteiger partial charge on any atom is 0.338 e. The molecule has 0 N–H and O–H groups in total. The lowest BCUT2D eigenvalue weighted by atomic mass is 10.2. The standard InChI is InChI=1S/C18H22N2O5S/c1-4-24-17(22)11-16-20(15(21)12-26-16)9-10-25-18(23)13-5-7-14(8-6-13)19(2)3/h5-8,11H,4,9-10,12H2,1-3H3/b16-11-. The fourth-order valence-corrected chi connectivity index (χ4v) is 3.22. The predicted octanol–water partition coefficient (Wildman–Crippen LogP) is 1.89. The summed E-state index contributed by atoms with van der Waals surface area (Å²) in [6.45, 7) is 2.22. The minimum absolute atomic E-state index is 0.0424. The molecule has 0 spiro atoms. The van der Waals surface area contributed by atoms with Gasteiger partial charge in [-0.05, 0) is 31.2 Å². The highest BCUT2D eigenvalue weighted by Gasteiger charge is 2.27. The monoisotopic (exact) mass is 378 g/mol. The summed E-state index contributed by atoms with van der Waals surface area (Å²) in [6, 6.07) is 7.05. The minimum atomic E-state index is -0.493. The van der Waals surface area contributed by atoms with Crippen molar-refractivity contribution >= 4 is 35.3 Å². The Morgan fingerprint density at radius 2 is 1.92 bits per heavy atom. The fraction of sp³-hybridized carbons (Fsp3) is 0.389. The van der Waals surface area contributed by atoms with Crippen molar-refractivity contribution in [3.8, 4) is 0 Å². The molecule has 0 unspecified atom stereocenters. The molecule has 1 aromatic carbocycles. The van der Waals surface area contributed by atoms with Crippen LogP contribution in [-0.4, -0.2) is 62.4 Å². The quantitative estimate of drug-likeness (QED) is 0.530. The van der Waals surface area contributed by atoms with Gasteiger partial charge in [-0.15, -0.1) is 0 Å². The normalized spacial score (nSPS) is 15.3. The molecule has 8 heteroatoms. The number of anilines is 1. The van der Waals surface area contributed by atoms with E-state index in [0.29, 0.717) is 10.6 Å². The Morgan fingerprint density at radius 1 is 1.23 bits per heavy atom. The Kier molecular flexibility index (Phi) is 7.08. The number of amides is 1. The van der Waals surface area contributed by atoms with Crippen LogP contribution < -0.4 is 4.90 Å². The number of carbonyl (C=O) groups is 3. The topological polar surface area (TPSA) is 76.1 Å². The second-order valence-electron chi connectivity index (χ2n) is 5.65. The first-order valence-electron chi connectivity index (χ1n) is 8.18. The number of hydrogen-bond acceptors (Lipinski definition) is 7. The molecule has 0 bridgehead atoms. The molecule has 1 heterocycles. The molecule has 2 rings (SSSR count). The molecule has 1 fully saturated rings. The number of rotatable bonds is 7. The van der Waals surface area contributed by atoms with Gasteiger partial charge in [0.2, 0.25) is 5.91 Å². The van der Waals surface area contributed by atoms with Gasteiger partial charge in [-0.1, -0.05) is 11.8 Å². The second-order valence-corrected chi connectivity index (χ2v) is 6.64. The van der Waals surface area contributed by atoms with Crippen LogP contribution in [0.3, 0.4) is 0 Å². The summed E-state index contributed by atoms with van der Waals surface area (Å²) in [7, 11) is 3.83. The highest BCUT2D eigenvalue weighted by atomic mass is 32.2. The van der Waals surface area contributed by atoms with Crippen LogP contribution in [0.4, 0.5) is 5.69 Å². The van der Waals surface area contributed by atoms with Gasteiger partial charge in [0.25, 0.3) is 0 Å². The Labute approximate surface area is 156 Å². The number of thioether (sulfide) groups is 1. The van der Waals surface area contributed by atoms with Crippen LogP contribution in [0.15, 0.2) is 35.4 Å². The molecular formula is C18H22N2O5S. The first kappa shape index (κ1) is 19.8. The molecule has 1 saturated heterocycles. The number of carbonyl (C=O) groups excluding carboxylic acids is 3. The first-order chi connectivity index (χ1) is 12.4. The molecule has 0 radical (unpaired) electrons. The SMILES string of the molecule is CCOC(=O)/C=C1\SCC(=O)N1CCOC(=O)c1ccc(N(C)C)cc1. The van der Waals surface area contributed by atoms with Crippen molar-refractivity contribution in [1.29, 1.82) is 0 Å². The predicted molar refractivity (Wildman–Crippen MR) is 99.9 cm³/mol. The Bertz CT molecular complexity index is 700. The third-order valence-electron chi connectivity index (χ3n) is 3.61. The van der Waals surface area contributed by atoms with Gasteiger partial charge in [-0.25, -0.2) is 9.59 Å². The van der Waals surface area contributed by atoms with E-state index in [1.807, 2.05) is 31.1 Å². The highest BCUT2D eigenvalue weighted by Crippen LogP contribution is 2.28. The van der Waals surface area contributed by atoms with Gasteiger partial charge >= 0.3 is 11.9 Å². The van der Waals surface area contributed by atoms with Crippen LogP contribution in [0, 0.1) is 0 Å². The van der Waals surface area contributed by atoms with Crippen molar-refractivity contribution in [2.45, 2.75) is 6.92 Å². The Hall–Kier alpha value is -2.48. The van der Waals surface area contributed by atoms with Gasteiger partial charge < -0.3 is 19.3 Å². The number of benzene rings is 1. The Morgan fingerprint density at radius 3 is 2.54 bits per heavy atom.